The third-order valence-corrected chi connectivity index (χ3v) is 3.95. The van der Waals surface area contributed by atoms with Gasteiger partial charge in [-0.2, -0.15) is 0 Å². The molecular formula is C18H16ClN5O2. The monoisotopic (exact) mass is 369 g/mol. The van der Waals surface area contributed by atoms with E-state index >= 15 is 0 Å². The third kappa shape index (κ3) is 3.89. The Morgan fingerprint density at radius 2 is 1.62 bits per heavy atom. The maximum absolute atomic E-state index is 11.7. The van der Waals surface area contributed by atoms with Gasteiger partial charge in [0.2, 0.25) is 11.6 Å². The number of rotatable bonds is 5. The van der Waals surface area contributed by atoms with Crippen LogP contribution in [0.2, 0.25) is 5.02 Å². The fourth-order valence-corrected chi connectivity index (χ4v) is 2.79. The quantitative estimate of drug-likeness (QED) is 0.477. The Labute approximate surface area is 155 Å². The zero-order valence-corrected chi connectivity index (χ0v) is 14.9. The number of hydrogen-bond acceptors (Lipinski definition) is 6. The Morgan fingerprint density at radius 3 is 2.23 bits per heavy atom. The molecule has 0 spiro atoms. The van der Waals surface area contributed by atoms with Crippen molar-refractivity contribution in [3.8, 4) is 0 Å². The van der Waals surface area contributed by atoms with Gasteiger partial charge in [-0.05, 0) is 49.2 Å². The second-order valence-corrected chi connectivity index (χ2v) is 6.19. The lowest BCUT2D eigenvalue weighted by atomic mass is 10.1. The largest absolute Gasteiger partial charge is 0.353 e. The Balaban J connectivity index is 2.01. The highest BCUT2D eigenvalue weighted by Gasteiger charge is 2.23. The summed E-state index contributed by atoms with van der Waals surface area (Å²) >= 11 is 6.12. The molecule has 0 unspecified atom stereocenters. The van der Waals surface area contributed by atoms with E-state index in [1.807, 2.05) is 32.0 Å². The van der Waals surface area contributed by atoms with Crippen molar-refractivity contribution in [2.45, 2.75) is 13.8 Å². The lowest BCUT2D eigenvalue weighted by Crippen LogP contribution is -2.06. The van der Waals surface area contributed by atoms with Gasteiger partial charge >= 0.3 is 5.69 Å². The van der Waals surface area contributed by atoms with Crippen molar-refractivity contribution in [3.05, 3.63) is 75.1 Å². The van der Waals surface area contributed by atoms with Crippen LogP contribution in [0.25, 0.3) is 0 Å². The summed E-state index contributed by atoms with van der Waals surface area (Å²) in [5.41, 5.74) is 3.06. The molecule has 0 amide bonds. The van der Waals surface area contributed by atoms with Crippen molar-refractivity contribution in [3.63, 3.8) is 0 Å². The second-order valence-electron chi connectivity index (χ2n) is 5.78. The molecule has 1 aromatic heterocycles. The number of nitro groups is 1. The number of anilines is 4. The van der Waals surface area contributed by atoms with Crippen LogP contribution < -0.4 is 10.6 Å². The number of aromatic nitrogens is 2. The molecule has 26 heavy (non-hydrogen) atoms. The zero-order chi connectivity index (χ0) is 18.7. The summed E-state index contributed by atoms with van der Waals surface area (Å²) in [5, 5.41) is 18.0. The highest BCUT2D eigenvalue weighted by atomic mass is 35.5. The topological polar surface area (TPSA) is 93.0 Å². The van der Waals surface area contributed by atoms with Crippen LogP contribution in [0.4, 0.5) is 28.7 Å². The molecule has 0 aliphatic heterocycles. The van der Waals surface area contributed by atoms with Crippen molar-refractivity contribution in [1.82, 2.24) is 9.97 Å². The first-order valence-electron chi connectivity index (χ1n) is 7.80. The molecule has 2 aromatic carbocycles. The number of aryl methyl sites for hydroxylation is 2. The summed E-state index contributed by atoms with van der Waals surface area (Å²) in [7, 11) is 0. The van der Waals surface area contributed by atoms with Crippen LogP contribution in [0.15, 0.2) is 48.8 Å². The fraction of sp³-hybridized carbons (Fsp3) is 0.111. The maximum Gasteiger partial charge on any atom is 0.353 e. The fourth-order valence-electron chi connectivity index (χ4n) is 2.61. The molecule has 0 atom stereocenters. The minimum Gasteiger partial charge on any atom is -0.334 e. The SMILES string of the molecule is Cc1cc(C)cc(Nc2ncnc(Nc3ccccc3Cl)c2[N+](=O)[O-])c1. The molecule has 0 bridgehead atoms. The van der Waals surface area contributed by atoms with Crippen molar-refractivity contribution in [2.75, 3.05) is 10.6 Å². The van der Waals surface area contributed by atoms with E-state index in [9.17, 15) is 10.1 Å². The number of nitrogens with zero attached hydrogens (tertiary/aromatic N) is 3. The van der Waals surface area contributed by atoms with Crippen LogP contribution in [0.1, 0.15) is 11.1 Å². The molecule has 2 N–H and O–H groups in total. The predicted octanol–water partition coefficient (Wildman–Crippen LogP) is 5.14. The van der Waals surface area contributed by atoms with E-state index in [1.54, 1.807) is 24.3 Å². The van der Waals surface area contributed by atoms with Gasteiger partial charge in [0.05, 0.1) is 15.6 Å². The van der Waals surface area contributed by atoms with Gasteiger partial charge in [0.1, 0.15) is 6.33 Å². The predicted molar refractivity (Wildman–Crippen MR) is 103 cm³/mol. The molecule has 1 heterocycles. The maximum atomic E-state index is 11.7. The molecule has 0 fully saturated rings. The molecule has 0 aliphatic rings. The number of para-hydroxylation sites is 1. The number of benzene rings is 2. The number of nitrogens with one attached hydrogen (secondary N) is 2. The summed E-state index contributed by atoms with van der Waals surface area (Å²) in [6.07, 6.45) is 1.26. The molecule has 132 valence electrons. The summed E-state index contributed by atoms with van der Waals surface area (Å²) in [4.78, 5) is 19.2. The first-order valence-corrected chi connectivity index (χ1v) is 8.18. The summed E-state index contributed by atoms with van der Waals surface area (Å²) in [6, 6.07) is 12.7. The van der Waals surface area contributed by atoms with Gasteiger partial charge in [0, 0.05) is 5.69 Å². The van der Waals surface area contributed by atoms with E-state index in [0.29, 0.717) is 16.4 Å². The molecule has 3 aromatic rings. The van der Waals surface area contributed by atoms with Gasteiger partial charge in [-0.3, -0.25) is 10.1 Å². The average molecular weight is 370 g/mol. The molecule has 7 nitrogen and oxygen atoms in total. The molecule has 0 radical (unpaired) electrons. The Bertz CT molecular complexity index is 957. The van der Waals surface area contributed by atoms with Crippen LogP contribution in [0.3, 0.4) is 0 Å². The van der Waals surface area contributed by atoms with E-state index in [-0.39, 0.29) is 17.3 Å². The van der Waals surface area contributed by atoms with Gasteiger partial charge in [-0.25, -0.2) is 9.97 Å². The Morgan fingerprint density at radius 1 is 1.00 bits per heavy atom. The van der Waals surface area contributed by atoms with Crippen molar-refractivity contribution in [2.24, 2.45) is 0 Å². The molecule has 0 saturated heterocycles. The molecule has 0 saturated carbocycles. The third-order valence-electron chi connectivity index (χ3n) is 3.62. The second kappa shape index (κ2) is 7.37. The number of hydrogen-bond donors (Lipinski definition) is 2. The van der Waals surface area contributed by atoms with Crippen molar-refractivity contribution < 1.29 is 4.92 Å². The first-order chi connectivity index (χ1) is 12.4. The van der Waals surface area contributed by atoms with E-state index in [0.717, 1.165) is 11.1 Å². The number of halogens is 1. The zero-order valence-electron chi connectivity index (χ0n) is 14.2. The van der Waals surface area contributed by atoms with Gasteiger partial charge in [0.25, 0.3) is 0 Å². The highest BCUT2D eigenvalue weighted by Crippen LogP contribution is 2.34. The smallest absolute Gasteiger partial charge is 0.334 e. The standard InChI is InChI=1S/C18H16ClN5O2/c1-11-7-12(2)9-13(8-11)22-17-16(24(25)26)18(21-10-20-17)23-15-6-4-3-5-14(15)19/h3-10H,1-2H3,(H2,20,21,22,23). The van der Waals surface area contributed by atoms with Crippen LogP contribution in [0.5, 0.6) is 0 Å². The molecular weight excluding hydrogens is 354 g/mol. The van der Waals surface area contributed by atoms with Gasteiger partial charge in [0.15, 0.2) is 0 Å². The highest BCUT2D eigenvalue weighted by molar-refractivity contribution is 6.33. The Hall–Kier alpha value is -3.19. The van der Waals surface area contributed by atoms with Crippen molar-refractivity contribution >= 4 is 40.3 Å². The summed E-state index contributed by atoms with van der Waals surface area (Å²) in [5.74, 6) is 0.162. The summed E-state index contributed by atoms with van der Waals surface area (Å²) in [6.45, 7) is 3.91. The molecule has 0 aliphatic carbocycles. The van der Waals surface area contributed by atoms with Crippen molar-refractivity contribution in [1.29, 1.82) is 0 Å². The van der Waals surface area contributed by atoms with Gasteiger partial charge in [-0.1, -0.05) is 29.8 Å². The van der Waals surface area contributed by atoms with Crippen LogP contribution in [-0.2, 0) is 0 Å². The summed E-state index contributed by atoms with van der Waals surface area (Å²) < 4.78 is 0. The van der Waals surface area contributed by atoms with E-state index in [2.05, 4.69) is 20.6 Å². The van der Waals surface area contributed by atoms with E-state index < -0.39 is 4.92 Å². The van der Waals surface area contributed by atoms with Gasteiger partial charge < -0.3 is 10.6 Å². The van der Waals surface area contributed by atoms with Gasteiger partial charge in [-0.15, -0.1) is 0 Å². The lowest BCUT2D eigenvalue weighted by molar-refractivity contribution is -0.383. The lowest BCUT2D eigenvalue weighted by Gasteiger charge is -2.11. The first kappa shape index (κ1) is 17.6. The van der Waals surface area contributed by atoms with Crippen LogP contribution >= 0.6 is 11.6 Å². The Kier molecular flexibility index (Phi) is 4.99. The molecule has 8 heteroatoms. The molecule has 3 rings (SSSR count). The average Bonchev–Trinajstić information content (AvgIpc) is 2.56. The van der Waals surface area contributed by atoms with Crippen LogP contribution in [-0.4, -0.2) is 14.9 Å². The van der Waals surface area contributed by atoms with Crippen LogP contribution in [0, 0.1) is 24.0 Å². The minimum atomic E-state index is -0.524. The normalized spacial score (nSPS) is 10.4. The van der Waals surface area contributed by atoms with E-state index in [1.165, 1.54) is 6.33 Å². The minimum absolute atomic E-state index is 0.0602. The van der Waals surface area contributed by atoms with E-state index in [4.69, 9.17) is 11.6 Å².